The fourth-order valence-corrected chi connectivity index (χ4v) is 1.66. The number of hydrogen-bond donors (Lipinski definition) is 2. The summed E-state index contributed by atoms with van der Waals surface area (Å²) < 4.78 is 0. The van der Waals surface area contributed by atoms with Crippen molar-refractivity contribution in [2.45, 2.75) is 25.9 Å². The van der Waals surface area contributed by atoms with Gasteiger partial charge in [0.05, 0.1) is 0 Å². The van der Waals surface area contributed by atoms with E-state index in [4.69, 9.17) is 5.11 Å². The molecule has 0 spiro atoms. The summed E-state index contributed by atoms with van der Waals surface area (Å²) >= 11 is 0. The second kappa shape index (κ2) is 5.32. The van der Waals surface area contributed by atoms with E-state index in [2.05, 4.69) is 17.3 Å². The highest BCUT2D eigenvalue weighted by Crippen LogP contribution is 2.14. The second-order valence-electron chi connectivity index (χ2n) is 4.17. The molecule has 4 heteroatoms. The van der Waals surface area contributed by atoms with Crippen LogP contribution in [-0.2, 0) is 4.79 Å². The van der Waals surface area contributed by atoms with Gasteiger partial charge in [0.15, 0.2) is 0 Å². The van der Waals surface area contributed by atoms with Crippen molar-refractivity contribution in [3.05, 3.63) is 0 Å². The third kappa shape index (κ3) is 3.64. The van der Waals surface area contributed by atoms with Gasteiger partial charge >= 0.3 is 0 Å². The Hall–Kier alpha value is -0.610. The maximum absolute atomic E-state index is 11.1. The van der Waals surface area contributed by atoms with Crippen molar-refractivity contribution in [2.24, 2.45) is 5.92 Å². The molecule has 1 saturated heterocycles. The highest BCUT2D eigenvalue weighted by Gasteiger charge is 2.17. The van der Waals surface area contributed by atoms with Crippen LogP contribution in [-0.4, -0.2) is 48.7 Å². The van der Waals surface area contributed by atoms with Crippen molar-refractivity contribution in [1.82, 2.24) is 10.2 Å². The van der Waals surface area contributed by atoms with Crippen LogP contribution in [0.3, 0.4) is 0 Å². The third-order valence-corrected chi connectivity index (χ3v) is 2.78. The largest absolute Gasteiger partial charge is 0.384 e. The van der Waals surface area contributed by atoms with E-state index in [1.54, 1.807) is 0 Å². The molecule has 0 radical (unpaired) electrons. The van der Waals surface area contributed by atoms with Gasteiger partial charge in [-0.2, -0.15) is 0 Å². The first-order valence-corrected chi connectivity index (χ1v) is 5.24. The Morgan fingerprint density at radius 2 is 2.14 bits per heavy atom. The van der Waals surface area contributed by atoms with Gasteiger partial charge in [0.1, 0.15) is 6.10 Å². The summed E-state index contributed by atoms with van der Waals surface area (Å²) in [5, 5.41) is 11.7. The van der Waals surface area contributed by atoms with Crippen LogP contribution in [0.15, 0.2) is 0 Å². The molecular weight excluding hydrogens is 180 g/mol. The van der Waals surface area contributed by atoms with Crippen LogP contribution in [0, 0.1) is 5.92 Å². The predicted octanol–water partition coefficient (Wildman–Crippen LogP) is -0.175. The molecular formula is C10H20N2O2. The van der Waals surface area contributed by atoms with Crippen LogP contribution in [0.4, 0.5) is 0 Å². The SMILES string of the molecule is CC(O)C(=O)NCC1CCN(C)CC1. The Morgan fingerprint density at radius 3 is 2.64 bits per heavy atom. The molecule has 1 rings (SSSR count). The molecule has 1 aliphatic heterocycles. The van der Waals surface area contributed by atoms with Crippen molar-refractivity contribution < 1.29 is 9.90 Å². The molecule has 1 aliphatic rings. The monoisotopic (exact) mass is 200 g/mol. The minimum atomic E-state index is -0.888. The molecule has 0 aliphatic carbocycles. The Morgan fingerprint density at radius 1 is 1.57 bits per heavy atom. The van der Waals surface area contributed by atoms with Crippen LogP contribution in [0.1, 0.15) is 19.8 Å². The number of likely N-dealkylation sites (tertiary alicyclic amines) is 1. The standard InChI is InChI=1S/C10H20N2O2/c1-8(13)10(14)11-7-9-3-5-12(2)6-4-9/h8-9,13H,3-7H2,1-2H3,(H,11,14). The smallest absolute Gasteiger partial charge is 0.248 e. The van der Waals surface area contributed by atoms with Crippen LogP contribution >= 0.6 is 0 Å². The topological polar surface area (TPSA) is 52.6 Å². The number of piperidine rings is 1. The number of amides is 1. The molecule has 0 saturated carbocycles. The van der Waals surface area contributed by atoms with Gasteiger partial charge in [-0.15, -0.1) is 0 Å². The van der Waals surface area contributed by atoms with Gasteiger partial charge < -0.3 is 15.3 Å². The number of rotatable bonds is 3. The summed E-state index contributed by atoms with van der Waals surface area (Å²) in [5.41, 5.74) is 0. The molecule has 2 N–H and O–H groups in total. The Bertz CT molecular complexity index is 187. The highest BCUT2D eigenvalue weighted by molar-refractivity contribution is 5.79. The van der Waals surface area contributed by atoms with Crippen molar-refractivity contribution in [3.8, 4) is 0 Å². The van der Waals surface area contributed by atoms with Gasteiger partial charge in [-0.1, -0.05) is 0 Å². The summed E-state index contributed by atoms with van der Waals surface area (Å²) in [7, 11) is 2.12. The predicted molar refractivity (Wildman–Crippen MR) is 54.9 cm³/mol. The Balaban J connectivity index is 2.16. The molecule has 1 fully saturated rings. The number of nitrogens with one attached hydrogen (secondary N) is 1. The molecule has 0 bridgehead atoms. The molecule has 1 unspecified atom stereocenters. The minimum absolute atomic E-state index is 0.260. The zero-order valence-electron chi connectivity index (χ0n) is 8.99. The first kappa shape index (κ1) is 11.5. The summed E-state index contributed by atoms with van der Waals surface area (Å²) in [6.45, 7) is 4.41. The van der Waals surface area contributed by atoms with Gasteiger partial charge in [-0.25, -0.2) is 0 Å². The van der Waals surface area contributed by atoms with Crippen LogP contribution in [0.2, 0.25) is 0 Å². The minimum Gasteiger partial charge on any atom is -0.384 e. The lowest BCUT2D eigenvalue weighted by molar-refractivity contribution is -0.128. The fraction of sp³-hybridized carbons (Fsp3) is 0.900. The first-order chi connectivity index (χ1) is 6.59. The van der Waals surface area contributed by atoms with Crippen LogP contribution in [0.25, 0.3) is 0 Å². The van der Waals surface area contributed by atoms with E-state index in [1.807, 2.05) is 0 Å². The number of hydrogen-bond acceptors (Lipinski definition) is 3. The average Bonchev–Trinajstić information content (AvgIpc) is 2.16. The van der Waals surface area contributed by atoms with Gasteiger partial charge in [0, 0.05) is 6.54 Å². The molecule has 4 nitrogen and oxygen atoms in total. The molecule has 0 aromatic heterocycles. The van der Waals surface area contributed by atoms with E-state index >= 15 is 0 Å². The molecule has 0 aromatic carbocycles. The lowest BCUT2D eigenvalue weighted by Crippen LogP contribution is -2.39. The molecule has 1 amide bonds. The third-order valence-electron chi connectivity index (χ3n) is 2.78. The van der Waals surface area contributed by atoms with Gasteiger partial charge in [-0.05, 0) is 45.8 Å². The van der Waals surface area contributed by atoms with Crippen LogP contribution in [0.5, 0.6) is 0 Å². The average molecular weight is 200 g/mol. The molecule has 0 aromatic rings. The van der Waals surface area contributed by atoms with Crippen molar-refractivity contribution in [1.29, 1.82) is 0 Å². The second-order valence-corrected chi connectivity index (χ2v) is 4.17. The molecule has 1 heterocycles. The van der Waals surface area contributed by atoms with Crippen molar-refractivity contribution in [3.63, 3.8) is 0 Å². The normalized spacial score (nSPS) is 21.9. The lowest BCUT2D eigenvalue weighted by Gasteiger charge is -2.29. The maximum atomic E-state index is 11.1. The number of aliphatic hydroxyl groups excluding tert-OH is 1. The van der Waals surface area contributed by atoms with Gasteiger partial charge in [0.2, 0.25) is 5.91 Å². The maximum Gasteiger partial charge on any atom is 0.248 e. The highest BCUT2D eigenvalue weighted by atomic mass is 16.3. The van der Waals surface area contributed by atoms with E-state index in [1.165, 1.54) is 6.92 Å². The molecule has 1 atom stereocenters. The van der Waals surface area contributed by atoms with Crippen molar-refractivity contribution in [2.75, 3.05) is 26.7 Å². The number of carbonyl (C=O) groups excluding carboxylic acids is 1. The Labute approximate surface area is 85.3 Å². The van der Waals surface area contributed by atoms with E-state index in [-0.39, 0.29) is 5.91 Å². The lowest BCUT2D eigenvalue weighted by atomic mass is 9.97. The summed E-state index contributed by atoms with van der Waals surface area (Å²) in [6.07, 6.45) is 1.38. The Kier molecular flexibility index (Phi) is 4.35. The zero-order chi connectivity index (χ0) is 10.6. The number of aliphatic hydroxyl groups is 1. The molecule has 14 heavy (non-hydrogen) atoms. The summed E-state index contributed by atoms with van der Waals surface area (Å²) in [5.74, 6) is 0.317. The summed E-state index contributed by atoms with van der Waals surface area (Å²) in [6, 6.07) is 0. The van der Waals surface area contributed by atoms with Crippen molar-refractivity contribution >= 4 is 5.91 Å². The van der Waals surface area contributed by atoms with Gasteiger partial charge in [-0.3, -0.25) is 4.79 Å². The van der Waals surface area contributed by atoms with E-state index in [9.17, 15) is 4.79 Å². The quantitative estimate of drug-likeness (QED) is 0.665. The first-order valence-electron chi connectivity index (χ1n) is 5.24. The van der Waals surface area contributed by atoms with Gasteiger partial charge in [0.25, 0.3) is 0 Å². The zero-order valence-corrected chi connectivity index (χ0v) is 8.99. The van der Waals surface area contributed by atoms with E-state index < -0.39 is 6.10 Å². The van der Waals surface area contributed by atoms with E-state index in [0.29, 0.717) is 12.5 Å². The number of nitrogens with zero attached hydrogens (tertiary/aromatic N) is 1. The fourth-order valence-electron chi connectivity index (χ4n) is 1.66. The number of carbonyl (C=O) groups is 1. The van der Waals surface area contributed by atoms with E-state index in [0.717, 1.165) is 25.9 Å². The molecule has 82 valence electrons. The van der Waals surface area contributed by atoms with Crippen LogP contribution < -0.4 is 5.32 Å². The summed E-state index contributed by atoms with van der Waals surface area (Å²) in [4.78, 5) is 13.4.